The van der Waals surface area contributed by atoms with Crippen LogP contribution < -0.4 is 10.1 Å². The standard InChI is InChI=1S/C23H22N2O3/c1-15-8-10-20-19(14-15)17-9-11-21(27-2)18(22(17)25-20)12-13-28-23(26)24-16-6-4-3-5-7-16/h3-11,14,25H,12-13H2,1-2H3,(H,24,26). The lowest BCUT2D eigenvalue weighted by Crippen LogP contribution is -2.15. The number of methoxy groups -OCH3 is 1. The fourth-order valence-electron chi connectivity index (χ4n) is 3.48. The molecule has 0 unspecified atom stereocenters. The van der Waals surface area contributed by atoms with Gasteiger partial charge in [0, 0.05) is 34.0 Å². The number of carbonyl (C=O) groups excluding carboxylic acids is 1. The molecule has 5 heteroatoms. The molecule has 4 aromatic rings. The molecule has 0 atom stereocenters. The summed E-state index contributed by atoms with van der Waals surface area (Å²) in [5, 5.41) is 5.05. The first-order chi connectivity index (χ1) is 13.7. The van der Waals surface area contributed by atoms with E-state index in [0.717, 1.165) is 27.7 Å². The minimum absolute atomic E-state index is 0.253. The molecule has 142 valence electrons. The number of nitrogens with one attached hydrogen (secondary N) is 2. The van der Waals surface area contributed by atoms with Gasteiger partial charge in [0.15, 0.2) is 0 Å². The molecule has 1 amide bonds. The number of anilines is 1. The highest BCUT2D eigenvalue weighted by molar-refractivity contribution is 6.09. The van der Waals surface area contributed by atoms with E-state index in [1.807, 2.05) is 36.4 Å². The van der Waals surface area contributed by atoms with Crippen molar-refractivity contribution >= 4 is 33.6 Å². The smallest absolute Gasteiger partial charge is 0.411 e. The van der Waals surface area contributed by atoms with Gasteiger partial charge in [0.25, 0.3) is 0 Å². The summed E-state index contributed by atoms with van der Waals surface area (Å²) in [6, 6.07) is 19.6. The van der Waals surface area contributed by atoms with Gasteiger partial charge in [-0.15, -0.1) is 0 Å². The predicted octanol–water partition coefficient (Wildman–Crippen LogP) is 5.43. The van der Waals surface area contributed by atoms with Crippen LogP contribution in [-0.2, 0) is 11.2 Å². The highest BCUT2D eigenvalue weighted by atomic mass is 16.5. The Balaban J connectivity index is 1.55. The largest absolute Gasteiger partial charge is 0.496 e. The molecule has 0 aliphatic rings. The molecule has 1 heterocycles. The molecule has 0 saturated carbocycles. The van der Waals surface area contributed by atoms with Gasteiger partial charge in [-0.3, -0.25) is 5.32 Å². The number of hydrogen-bond donors (Lipinski definition) is 2. The Kier molecular flexibility index (Phi) is 4.89. The van der Waals surface area contributed by atoms with Crippen LogP contribution in [0.25, 0.3) is 21.8 Å². The molecule has 2 N–H and O–H groups in total. The van der Waals surface area contributed by atoms with Gasteiger partial charge < -0.3 is 14.5 Å². The molecule has 5 nitrogen and oxygen atoms in total. The molecule has 0 spiro atoms. The Morgan fingerprint density at radius 2 is 1.86 bits per heavy atom. The van der Waals surface area contributed by atoms with Crippen LogP contribution in [0.3, 0.4) is 0 Å². The van der Waals surface area contributed by atoms with Gasteiger partial charge in [0.2, 0.25) is 0 Å². The normalized spacial score (nSPS) is 10.9. The fourth-order valence-corrected chi connectivity index (χ4v) is 3.48. The number of para-hydroxylation sites is 1. The van der Waals surface area contributed by atoms with Gasteiger partial charge in [-0.25, -0.2) is 4.79 Å². The molecule has 0 bridgehead atoms. The van der Waals surface area contributed by atoms with Crippen molar-refractivity contribution in [1.82, 2.24) is 4.98 Å². The number of aromatic amines is 1. The Hall–Kier alpha value is -3.47. The van der Waals surface area contributed by atoms with Gasteiger partial charge in [-0.2, -0.15) is 0 Å². The molecular formula is C23H22N2O3. The minimum atomic E-state index is -0.468. The van der Waals surface area contributed by atoms with Crippen molar-refractivity contribution in [3.8, 4) is 5.75 Å². The van der Waals surface area contributed by atoms with E-state index in [4.69, 9.17) is 9.47 Å². The van der Waals surface area contributed by atoms with Crippen LogP contribution in [0.2, 0.25) is 0 Å². The third kappa shape index (κ3) is 3.51. The van der Waals surface area contributed by atoms with Crippen molar-refractivity contribution in [3.63, 3.8) is 0 Å². The summed E-state index contributed by atoms with van der Waals surface area (Å²) >= 11 is 0. The van der Waals surface area contributed by atoms with Crippen LogP contribution >= 0.6 is 0 Å². The molecule has 1 aromatic heterocycles. The summed E-state index contributed by atoms with van der Waals surface area (Å²) in [5.74, 6) is 0.780. The molecule has 0 aliphatic heterocycles. The topological polar surface area (TPSA) is 63.4 Å². The maximum atomic E-state index is 12.0. The minimum Gasteiger partial charge on any atom is -0.496 e. The fraction of sp³-hybridized carbons (Fsp3) is 0.174. The number of hydrogen-bond acceptors (Lipinski definition) is 3. The van der Waals surface area contributed by atoms with Crippen molar-refractivity contribution in [2.75, 3.05) is 19.0 Å². The highest BCUT2D eigenvalue weighted by Crippen LogP contribution is 2.33. The van der Waals surface area contributed by atoms with E-state index in [1.54, 1.807) is 7.11 Å². The van der Waals surface area contributed by atoms with Gasteiger partial charge in [-0.1, -0.05) is 29.8 Å². The predicted molar refractivity (Wildman–Crippen MR) is 112 cm³/mol. The Morgan fingerprint density at radius 3 is 2.64 bits per heavy atom. The Morgan fingerprint density at radius 1 is 1.04 bits per heavy atom. The zero-order valence-corrected chi connectivity index (χ0v) is 15.9. The number of aromatic nitrogens is 1. The number of fused-ring (bicyclic) bond motifs is 3. The molecule has 0 radical (unpaired) electrons. The quantitative estimate of drug-likeness (QED) is 0.490. The lowest BCUT2D eigenvalue weighted by molar-refractivity contribution is 0.163. The van der Waals surface area contributed by atoms with Gasteiger partial charge in [-0.05, 0) is 43.3 Å². The van der Waals surface area contributed by atoms with Crippen molar-refractivity contribution in [1.29, 1.82) is 0 Å². The first-order valence-electron chi connectivity index (χ1n) is 9.22. The molecule has 0 aliphatic carbocycles. The Bertz CT molecular complexity index is 1130. The highest BCUT2D eigenvalue weighted by Gasteiger charge is 2.14. The van der Waals surface area contributed by atoms with Gasteiger partial charge in [0.05, 0.1) is 19.2 Å². The molecular weight excluding hydrogens is 352 g/mol. The zero-order chi connectivity index (χ0) is 19.5. The number of carbonyl (C=O) groups is 1. The van der Waals surface area contributed by atoms with Crippen molar-refractivity contribution in [2.45, 2.75) is 13.3 Å². The summed E-state index contributed by atoms with van der Waals surface area (Å²) in [4.78, 5) is 15.5. The Labute approximate surface area is 163 Å². The van der Waals surface area contributed by atoms with Crippen LogP contribution in [0.4, 0.5) is 10.5 Å². The SMILES string of the molecule is COc1ccc2c([nH]c3ccc(C)cc32)c1CCOC(=O)Nc1ccccc1. The molecule has 28 heavy (non-hydrogen) atoms. The number of amides is 1. The van der Waals surface area contributed by atoms with E-state index in [-0.39, 0.29) is 6.61 Å². The van der Waals surface area contributed by atoms with E-state index >= 15 is 0 Å². The summed E-state index contributed by atoms with van der Waals surface area (Å²) in [5.41, 5.74) is 5.02. The lowest BCUT2D eigenvalue weighted by atomic mass is 10.0. The van der Waals surface area contributed by atoms with Crippen LogP contribution in [-0.4, -0.2) is 24.8 Å². The van der Waals surface area contributed by atoms with E-state index in [1.165, 1.54) is 10.9 Å². The second kappa shape index (κ2) is 7.64. The average Bonchev–Trinajstić information content (AvgIpc) is 3.07. The summed E-state index contributed by atoms with van der Waals surface area (Å²) in [6.07, 6.45) is 0.0822. The van der Waals surface area contributed by atoms with E-state index in [2.05, 4.69) is 41.5 Å². The van der Waals surface area contributed by atoms with E-state index in [9.17, 15) is 4.79 Å². The summed E-state index contributed by atoms with van der Waals surface area (Å²) in [7, 11) is 1.65. The summed E-state index contributed by atoms with van der Waals surface area (Å²) in [6.45, 7) is 2.34. The monoisotopic (exact) mass is 374 g/mol. The second-order valence-electron chi connectivity index (χ2n) is 6.72. The van der Waals surface area contributed by atoms with E-state index < -0.39 is 6.09 Å². The molecule has 4 rings (SSSR count). The molecule has 0 fully saturated rings. The number of rotatable bonds is 5. The number of H-pyrrole nitrogens is 1. The van der Waals surface area contributed by atoms with Crippen molar-refractivity contribution in [3.05, 3.63) is 71.8 Å². The number of aryl methyl sites for hydroxylation is 1. The van der Waals surface area contributed by atoms with Crippen molar-refractivity contribution < 1.29 is 14.3 Å². The van der Waals surface area contributed by atoms with Crippen LogP contribution in [0.5, 0.6) is 5.75 Å². The van der Waals surface area contributed by atoms with Gasteiger partial charge >= 0.3 is 6.09 Å². The van der Waals surface area contributed by atoms with Crippen LogP contribution in [0.1, 0.15) is 11.1 Å². The first kappa shape index (κ1) is 17.9. The maximum Gasteiger partial charge on any atom is 0.411 e. The van der Waals surface area contributed by atoms with Crippen LogP contribution in [0, 0.1) is 6.92 Å². The third-order valence-electron chi connectivity index (χ3n) is 4.82. The lowest BCUT2D eigenvalue weighted by Gasteiger charge is -2.11. The number of ether oxygens (including phenoxy) is 2. The van der Waals surface area contributed by atoms with Gasteiger partial charge in [0.1, 0.15) is 5.75 Å². The molecule has 0 saturated heterocycles. The first-order valence-corrected chi connectivity index (χ1v) is 9.22. The number of benzene rings is 3. The zero-order valence-electron chi connectivity index (χ0n) is 15.9. The average molecular weight is 374 g/mol. The molecule has 3 aromatic carbocycles. The van der Waals surface area contributed by atoms with E-state index in [0.29, 0.717) is 12.1 Å². The third-order valence-corrected chi connectivity index (χ3v) is 4.82. The second-order valence-corrected chi connectivity index (χ2v) is 6.72. The maximum absolute atomic E-state index is 12.0. The summed E-state index contributed by atoms with van der Waals surface area (Å²) < 4.78 is 10.9. The van der Waals surface area contributed by atoms with Crippen molar-refractivity contribution in [2.24, 2.45) is 0 Å². The van der Waals surface area contributed by atoms with Crippen LogP contribution in [0.15, 0.2) is 60.7 Å².